The van der Waals surface area contributed by atoms with Crippen LogP contribution in [0.15, 0.2) is 4.99 Å². The Kier molecular flexibility index (Phi) is 13.8. The van der Waals surface area contributed by atoms with Crippen LogP contribution < -0.4 is 33.2 Å². The molecule has 34 heavy (non-hydrogen) atoms. The number of nitrogens with zero attached hydrogens (tertiary/aromatic N) is 1. The zero-order chi connectivity index (χ0) is 26.6. The number of nitrogens with one attached hydrogen (secondary N) is 3. The molecule has 4 unspecified atom stereocenters. The summed E-state index contributed by atoms with van der Waals surface area (Å²) in [5, 5.41) is 17.2. The van der Waals surface area contributed by atoms with Gasteiger partial charge in [0.15, 0.2) is 5.96 Å². The highest BCUT2D eigenvalue weighted by atomic mass is 16.4. The van der Waals surface area contributed by atoms with Gasteiger partial charge in [-0.05, 0) is 37.0 Å². The van der Waals surface area contributed by atoms with Crippen molar-refractivity contribution in [1.29, 1.82) is 0 Å². The summed E-state index contributed by atoms with van der Waals surface area (Å²) in [7, 11) is 0. The molecule has 0 fully saturated rings. The lowest BCUT2D eigenvalue weighted by molar-refractivity contribution is -0.143. The fourth-order valence-corrected chi connectivity index (χ4v) is 3.21. The lowest BCUT2D eigenvalue weighted by Gasteiger charge is -2.28. The number of amides is 3. The van der Waals surface area contributed by atoms with Crippen molar-refractivity contribution in [2.75, 3.05) is 6.54 Å². The molecule has 12 heteroatoms. The van der Waals surface area contributed by atoms with Crippen molar-refractivity contribution in [3.05, 3.63) is 0 Å². The van der Waals surface area contributed by atoms with Crippen molar-refractivity contribution in [2.45, 2.75) is 85.0 Å². The zero-order valence-electron chi connectivity index (χ0n) is 21.1. The molecule has 0 aliphatic carbocycles. The van der Waals surface area contributed by atoms with Gasteiger partial charge in [0.25, 0.3) is 0 Å². The summed E-state index contributed by atoms with van der Waals surface area (Å²) in [4.78, 5) is 53.8. The number of aliphatic imine (C=N–C) groups is 1. The molecule has 0 bridgehead atoms. The molecule has 0 saturated carbocycles. The van der Waals surface area contributed by atoms with Gasteiger partial charge in [-0.15, -0.1) is 0 Å². The molecule has 0 rings (SSSR count). The molecule has 4 atom stereocenters. The monoisotopic (exact) mass is 485 g/mol. The SMILES string of the molecule is CC(C)CC(N)C(=O)NC(CCCN=C(N)N)C(=O)NC(C(=O)NC(C(=O)O)C(C)C)C(C)C. The van der Waals surface area contributed by atoms with Crippen LogP contribution in [-0.2, 0) is 19.2 Å². The summed E-state index contributed by atoms with van der Waals surface area (Å²) in [6, 6.07) is -3.88. The van der Waals surface area contributed by atoms with Crippen molar-refractivity contribution in [3.8, 4) is 0 Å². The van der Waals surface area contributed by atoms with Crippen LogP contribution in [0.5, 0.6) is 0 Å². The summed E-state index contributed by atoms with van der Waals surface area (Å²) in [6.45, 7) is 10.9. The van der Waals surface area contributed by atoms with Crippen molar-refractivity contribution in [1.82, 2.24) is 16.0 Å². The Morgan fingerprint density at radius 3 is 1.79 bits per heavy atom. The molecule has 0 aromatic heterocycles. The molecule has 0 spiro atoms. The number of guanidine groups is 1. The molecule has 10 N–H and O–H groups in total. The second kappa shape index (κ2) is 15.1. The summed E-state index contributed by atoms with van der Waals surface area (Å²) in [5.74, 6) is -3.44. The van der Waals surface area contributed by atoms with Gasteiger partial charge in [-0.2, -0.15) is 0 Å². The van der Waals surface area contributed by atoms with Gasteiger partial charge >= 0.3 is 5.97 Å². The van der Waals surface area contributed by atoms with Crippen LogP contribution >= 0.6 is 0 Å². The molecule has 0 aromatic carbocycles. The van der Waals surface area contributed by atoms with Gasteiger partial charge < -0.3 is 38.3 Å². The zero-order valence-corrected chi connectivity index (χ0v) is 21.1. The van der Waals surface area contributed by atoms with Crippen LogP contribution in [0.4, 0.5) is 0 Å². The lowest BCUT2D eigenvalue weighted by atomic mass is 9.99. The minimum atomic E-state index is -1.17. The molecule has 0 heterocycles. The highest BCUT2D eigenvalue weighted by Crippen LogP contribution is 2.09. The van der Waals surface area contributed by atoms with E-state index in [2.05, 4.69) is 20.9 Å². The maximum Gasteiger partial charge on any atom is 0.326 e. The molecule has 3 amide bonds. The van der Waals surface area contributed by atoms with E-state index in [1.807, 2.05) is 13.8 Å². The van der Waals surface area contributed by atoms with Gasteiger partial charge in [-0.3, -0.25) is 19.4 Å². The van der Waals surface area contributed by atoms with Gasteiger partial charge in [0.2, 0.25) is 17.7 Å². The van der Waals surface area contributed by atoms with E-state index in [0.717, 1.165) is 0 Å². The fraction of sp³-hybridized carbons (Fsp3) is 0.773. The average Bonchev–Trinajstić information content (AvgIpc) is 2.70. The van der Waals surface area contributed by atoms with Gasteiger partial charge in [0.05, 0.1) is 6.04 Å². The van der Waals surface area contributed by atoms with Crippen LogP contribution in [0.3, 0.4) is 0 Å². The Hall–Kier alpha value is -2.89. The third kappa shape index (κ3) is 11.8. The van der Waals surface area contributed by atoms with Crippen molar-refractivity contribution in [2.24, 2.45) is 39.9 Å². The fourth-order valence-electron chi connectivity index (χ4n) is 3.21. The quantitative estimate of drug-likeness (QED) is 0.0888. The number of nitrogens with two attached hydrogens (primary N) is 3. The van der Waals surface area contributed by atoms with Crippen LogP contribution in [0.1, 0.15) is 60.8 Å². The molecule has 0 aromatic rings. The minimum absolute atomic E-state index is 0.0846. The van der Waals surface area contributed by atoms with E-state index in [9.17, 15) is 24.3 Å². The Morgan fingerprint density at radius 2 is 1.35 bits per heavy atom. The number of carbonyl (C=O) groups is 4. The van der Waals surface area contributed by atoms with Crippen molar-refractivity contribution >= 4 is 29.7 Å². The Morgan fingerprint density at radius 1 is 0.824 bits per heavy atom. The molecule has 12 nitrogen and oxygen atoms in total. The highest BCUT2D eigenvalue weighted by Gasteiger charge is 2.32. The van der Waals surface area contributed by atoms with E-state index in [1.54, 1.807) is 27.7 Å². The van der Waals surface area contributed by atoms with E-state index in [4.69, 9.17) is 17.2 Å². The third-order valence-electron chi connectivity index (χ3n) is 5.12. The van der Waals surface area contributed by atoms with Gasteiger partial charge in [0.1, 0.15) is 18.1 Å². The molecule has 0 radical (unpaired) electrons. The standard InChI is InChI=1S/C22H43N7O5/c1-11(2)10-14(23)18(30)27-15(8-7-9-26-22(24)25)19(31)28-16(12(3)4)20(32)29-17(13(5)6)21(33)34/h11-17H,7-10,23H2,1-6H3,(H,27,30)(H,28,31)(H,29,32)(H,33,34)(H4,24,25,26). The first-order valence-corrected chi connectivity index (χ1v) is 11.6. The Labute approximate surface area is 201 Å². The first-order chi connectivity index (χ1) is 15.7. The lowest BCUT2D eigenvalue weighted by Crippen LogP contribution is -2.59. The first kappa shape index (κ1) is 31.1. The minimum Gasteiger partial charge on any atom is -0.480 e. The van der Waals surface area contributed by atoms with E-state index in [0.29, 0.717) is 12.8 Å². The largest absolute Gasteiger partial charge is 0.480 e. The van der Waals surface area contributed by atoms with Crippen LogP contribution in [0.25, 0.3) is 0 Å². The highest BCUT2D eigenvalue weighted by molar-refractivity contribution is 5.94. The summed E-state index contributed by atoms with van der Waals surface area (Å²) >= 11 is 0. The summed E-state index contributed by atoms with van der Waals surface area (Å²) < 4.78 is 0. The molecule has 0 saturated heterocycles. The number of rotatable bonds is 15. The first-order valence-electron chi connectivity index (χ1n) is 11.6. The second-order valence-electron chi connectivity index (χ2n) is 9.54. The summed E-state index contributed by atoms with van der Waals surface area (Å²) in [6.07, 6.45) is 1.04. The van der Waals surface area contributed by atoms with Gasteiger partial charge in [-0.25, -0.2) is 4.79 Å². The van der Waals surface area contributed by atoms with E-state index >= 15 is 0 Å². The topological polar surface area (TPSA) is 215 Å². The maximum atomic E-state index is 13.1. The van der Waals surface area contributed by atoms with Crippen LogP contribution in [0.2, 0.25) is 0 Å². The number of hydrogen-bond donors (Lipinski definition) is 7. The molecular weight excluding hydrogens is 442 g/mol. The normalized spacial score (nSPS) is 14.8. The van der Waals surface area contributed by atoms with E-state index in [1.165, 1.54) is 0 Å². The van der Waals surface area contributed by atoms with Crippen LogP contribution in [-0.4, -0.2) is 65.5 Å². The number of aliphatic carboxylic acids is 1. The second-order valence-corrected chi connectivity index (χ2v) is 9.54. The Bertz CT molecular complexity index is 720. The Balaban J connectivity index is 5.52. The summed E-state index contributed by atoms with van der Waals surface area (Å²) in [5.41, 5.74) is 16.6. The smallest absolute Gasteiger partial charge is 0.326 e. The molecular formula is C22H43N7O5. The van der Waals surface area contributed by atoms with E-state index in [-0.39, 0.29) is 36.7 Å². The maximum absolute atomic E-state index is 13.1. The van der Waals surface area contributed by atoms with Crippen molar-refractivity contribution in [3.63, 3.8) is 0 Å². The third-order valence-corrected chi connectivity index (χ3v) is 5.12. The van der Waals surface area contributed by atoms with Gasteiger partial charge in [-0.1, -0.05) is 41.5 Å². The van der Waals surface area contributed by atoms with Crippen LogP contribution in [0, 0.1) is 17.8 Å². The molecule has 0 aliphatic heterocycles. The number of carboxylic acids is 1. The number of carbonyl (C=O) groups excluding carboxylic acids is 3. The predicted octanol–water partition coefficient (Wildman–Crippen LogP) is -0.736. The number of hydrogen-bond acceptors (Lipinski definition) is 6. The predicted molar refractivity (Wildman–Crippen MR) is 130 cm³/mol. The molecule has 196 valence electrons. The van der Waals surface area contributed by atoms with Crippen molar-refractivity contribution < 1.29 is 24.3 Å². The molecule has 0 aliphatic rings. The average molecular weight is 486 g/mol. The van der Waals surface area contributed by atoms with E-state index < -0.39 is 47.9 Å². The number of carboxylic acid groups (broad SMARTS) is 1. The van der Waals surface area contributed by atoms with Gasteiger partial charge in [0, 0.05) is 6.54 Å².